The fourth-order valence-electron chi connectivity index (χ4n) is 3.80. The van der Waals surface area contributed by atoms with E-state index in [1.165, 1.54) is 11.9 Å². The molecule has 5 nitrogen and oxygen atoms in total. The molecule has 4 rings (SSSR count). The van der Waals surface area contributed by atoms with Crippen LogP contribution in [-0.4, -0.2) is 53.7 Å². The van der Waals surface area contributed by atoms with Gasteiger partial charge in [0.25, 0.3) is 5.91 Å². The highest BCUT2D eigenvalue weighted by atomic mass is 19.1. The standard InChI is InChI=1S/C20H24F2N2O3/c1-24(9-17(26)23-11-6-12(25)7-11)20(27)14-5-4-13(10-2-3-10)19(22)18(14)15-8-16(15)21/h4-5,10-12,15-16,25H,2-3,6-9H2,1H3,(H,23,26)/t11?,12?,15-,16-/m1/s1. The van der Waals surface area contributed by atoms with Crippen molar-refractivity contribution >= 4 is 11.8 Å². The van der Waals surface area contributed by atoms with E-state index in [4.69, 9.17) is 0 Å². The molecule has 7 heteroatoms. The third kappa shape index (κ3) is 3.70. The van der Waals surface area contributed by atoms with Crippen LogP contribution >= 0.6 is 0 Å². The Labute approximate surface area is 156 Å². The highest BCUT2D eigenvalue weighted by molar-refractivity contribution is 5.98. The molecular weight excluding hydrogens is 354 g/mol. The number of halogens is 2. The maximum Gasteiger partial charge on any atom is 0.254 e. The van der Waals surface area contributed by atoms with Crippen molar-refractivity contribution in [1.29, 1.82) is 0 Å². The molecule has 0 radical (unpaired) electrons. The Balaban J connectivity index is 1.49. The Kier molecular flexibility index (Phi) is 4.66. The van der Waals surface area contributed by atoms with E-state index in [1.807, 2.05) is 0 Å². The molecule has 0 aliphatic heterocycles. The van der Waals surface area contributed by atoms with Crippen molar-refractivity contribution in [1.82, 2.24) is 10.2 Å². The van der Waals surface area contributed by atoms with Gasteiger partial charge in [-0.05, 0) is 49.7 Å². The van der Waals surface area contributed by atoms with Crippen LogP contribution in [0.15, 0.2) is 12.1 Å². The zero-order valence-corrected chi connectivity index (χ0v) is 15.3. The van der Waals surface area contributed by atoms with Gasteiger partial charge in [0, 0.05) is 30.1 Å². The van der Waals surface area contributed by atoms with Crippen LogP contribution < -0.4 is 5.32 Å². The molecule has 2 atom stereocenters. The van der Waals surface area contributed by atoms with Gasteiger partial charge in [0.05, 0.1) is 12.6 Å². The Hall–Kier alpha value is -2.02. The van der Waals surface area contributed by atoms with Gasteiger partial charge in [0.1, 0.15) is 12.0 Å². The van der Waals surface area contributed by atoms with Crippen LogP contribution in [0.4, 0.5) is 8.78 Å². The molecule has 2 amide bonds. The number of amides is 2. The number of aliphatic hydroxyl groups excluding tert-OH is 1. The van der Waals surface area contributed by atoms with Crippen LogP contribution in [0.5, 0.6) is 0 Å². The maximum atomic E-state index is 15.0. The first-order valence-electron chi connectivity index (χ1n) is 9.54. The lowest BCUT2D eigenvalue weighted by atomic mass is 9.89. The Morgan fingerprint density at radius 1 is 1.26 bits per heavy atom. The molecule has 1 aromatic carbocycles. The second-order valence-corrected chi connectivity index (χ2v) is 8.11. The summed E-state index contributed by atoms with van der Waals surface area (Å²) in [7, 11) is 1.48. The predicted octanol–water partition coefficient (Wildman–Crippen LogP) is 2.24. The van der Waals surface area contributed by atoms with Crippen molar-refractivity contribution in [3.63, 3.8) is 0 Å². The lowest BCUT2D eigenvalue weighted by Crippen LogP contribution is -2.49. The van der Waals surface area contributed by atoms with E-state index in [-0.39, 0.29) is 48.1 Å². The van der Waals surface area contributed by atoms with Crippen LogP contribution in [0, 0.1) is 5.82 Å². The highest BCUT2D eigenvalue weighted by Crippen LogP contribution is 2.49. The molecule has 3 fully saturated rings. The van der Waals surface area contributed by atoms with Gasteiger partial charge in [-0.2, -0.15) is 0 Å². The van der Waals surface area contributed by atoms with Gasteiger partial charge in [-0.15, -0.1) is 0 Å². The molecule has 0 saturated heterocycles. The minimum absolute atomic E-state index is 0.0689. The van der Waals surface area contributed by atoms with Crippen molar-refractivity contribution in [2.45, 2.75) is 62.3 Å². The number of hydrogen-bond acceptors (Lipinski definition) is 3. The summed E-state index contributed by atoms with van der Waals surface area (Å²) in [5.74, 6) is -1.65. The SMILES string of the molecule is CN(CC(=O)NC1CC(O)C1)C(=O)c1ccc(C2CC2)c(F)c1[C@@H]1C[C@H]1F. The van der Waals surface area contributed by atoms with E-state index in [2.05, 4.69) is 5.32 Å². The van der Waals surface area contributed by atoms with Crippen molar-refractivity contribution in [3.05, 3.63) is 34.6 Å². The van der Waals surface area contributed by atoms with Crippen LogP contribution in [0.25, 0.3) is 0 Å². The number of benzene rings is 1. The fraction of sp³-hybridized carbons (Fsp3) is 0.600. The molecule has 0 heterocycles. The molecule has 1 aromatic rings. The first-order valence-corrected chi connectivity index (χ1v) is 9.54. The van der Waals surface area contributed by atoms with E-state index in [1.54, 1.807) is 12.1 Å². The summed E-state index contributed by atoms with van der Waals surface area (Å²) in [6.45, 7) is -0.166. The topological polar surface area (TPSA) is 69.6 Å². The zero-order valence-electron chi connectivity index (χ0n) is 15.3. The van der Waals surface area contributed by atoms with E-state index < -0.39 is 23.8 Å². The third-order valence-corrected chi connectivity index (χ3v) is 5.75. The van der Waals surface area contributed by atoms with Gasteiger partial charge in [-0.1, -0.05) is 6.07 Å². The molecule has 27 heavy (non-hydrogen) atoms. The van der Waals surface area contributed by atoms with Crippen molar-refractivity contribution in [3.8, 4) is 0 Å². The Morgan fingerprint density at radius 3 is 2.48 bits per heavy atom. The van der Waals surface area contributed by atoms with Crippen LogP contribution in [-0.2, 0) is 4.79 Å². The number of carbonyl (C=O) groups is 2. The Bertz CT molecular complexity index is 775. The lowest BCUT2D eigenvalue weighted by molar-refractivity contribution is -0.123. The number of carbonyl (C=O) groups excluding carboxylic acids is 2. The summed E-state index contributed by atoms with van der Waals surface area (Å²) in [6.07, 6.45) is 1.62. The third-order valence-electron chi connectivity index (χ3n) is 5.75. The number of aliphatic hydroxyl groups is 1. The summed E-state index contributed by atoms with van der Waals surface area (Å²) in [6, 6.07) is 3.14. The number of alkyl halides is 1. The minimum atomic E-state index is -1.11. The fourth-order valence-corrected chi connectivity index (χ4v) is 3.80. The summed E-state index contributed by atoms with van der Waals surface area (Å²) < 4.78 is 28.7. The molecule has 0 aromatic heterocycles. The summed E-state index contributed by atoms with van der Waals surface area (Å²) in [5.41, 5.74) is 0.896. The molecule has 3 aliphatic rings. The molecule has 0 bridgehead atoms. The quantitative estimate of drug-likeness (QED) is 0.798. The van der Waals surface area contributed by atoms with E-state index >= 15 is 0 Å². The molecule has 3 saturated carbocycles. The number of rotatable bonds is 6. The molecule has 3 aliphatic carbocycles. The van der Waals surface area contributed by atoms with E-state index in [0.29, 0.717) is 18.4 Å². The lowest BCUT2D eigenvalue weighted by Gasteiger charge is -2.32. The van der Waals surface area contributed by atoms with Gasteiger partial charge in [0.2, 0.25) is 5.91 Å². The molecule has 0 unspecified atom stereocenters. The first kappa shape index (κ1) is 18.3. The summed E-state index contributed by atoms with van der Waals surface area (Å²) >= 11 is 0. The second-order valence-electron chi connectivity index (χ2n) is 8.11. The first-order chi connectivity index (χ1) is 12.8. The van der Waals surface area contributed by atoms with E-state index in [9.17, 15) is 23.5 Å². The average molecular weight is 378 g/mol. The van der Waals surface area contributed by atoms with Crippen molar-refractivity contribution in [2.24, 2.45) is 0 Å². The second kappa shape index (κ2) is 6.86. The van der Waals surface area contributed by atoms with Gasteiger partial charge in [0.15, 0.2) is 0 Å². The highest BCUT2D eigenvalue weighted by Gasteiger charge is 2.44. The molecule has 146 valence electrons. The smallest absolute Gasteiger partial charge is 0.254 e. The summed E-state index contributed by atoms with van der Waals surface area (Å²) in [5, 5.41) is 12.0. The number of likely N-dealkylation sites (N-methyl/N-ethyl adjacent to an activating group) is 1. The van der Waals surface area contributed by atoms with Gasteiger partial charge in [-0.25, -0.2) is 8.78 Å². The van der Waals surface area contributed by atoms with Crippen LogP contribution in [0.2, 0.25) is 0 Å². The molecular formula is C20H24F2N2O3. The largest absolute Gasteiger partial charge is 0.393 e. The predicted molar refractivity (Wildman–Crippen MR) is 94.8 cm³/mol. The van der Waals surface area contributed by atoms with Gasteiger partial charge >= 0.3 is 0 Å². The zero-order chi connectivity index (χ0) is 19.3. The molecule has 2 N–H and O–H groups in total. The number of nitrogens with one attached hydrogen (secondary N) is 1. The number of hydrogen-bond donors (Lipinski definition) is 2. The van der Waals surface area contributed by atoms with Gasteiger partial charge in [-0.3, -0.25) is 9.59 Å². The number of nitrogens with zero attached hydrogens (tertiary/aromatic N) is 1. The summed E-state index contributed by atoms with van der Waals surface area (Å²) in [4.78, 5) is 26.1. The van der Waals surface area contributed by atoms with Crippen molar-refractivity contribution < 1.29 is 23.5 Å². The minimum Gasteiger partial charge on any atom is -0.393 e. The average Bonchev–Trinajstić information content (AvgIpc) is 3.50. The van der Waals surface area contributed by atoms with E-state index in [0.717, 1.165) is 12.8 Å². The normalized spacial score (nSPS) is 29.0. The van der Waals surface area contributed by atoms with Gasteiger partial charge < -0.3 is 15.3 Å². The monoisotopic (exact) mass is 378 g/mol. The van der Waals surface area contributed by atoms with Crippen molar-refractivity contribution in [2.75, 3.05) is 13.6 Å². The van der Waals surface area contributed by atoms with Crippen LogP contribution in [0.1, 0.15) is 65.4 Å². The molecule has 0 spiro atoms. The maximum absolute atomic E-state index is 15.0. The van der Waals surface area contributed by atoms with Crippen LogP contribution in [0.3, 0.4) is 0 Å². The Morgan fingerprint density at radius 2 is 1.93 bits per heavy atom.